The highest BCUT2D eigenvalue weighted by Crippen LogP contribution is 2.16. The van der Waals surface area contributed by atoms with E-state index in [0.29, 0.717) is 11.3 Å². The van der Waals surface area contributed by atoms with Gasteiger partial charge in [0.1, 0.15) is 0 Å². The normalized spacial score (nSPS) is 11.8. The van der Waals surface area contributed by atoms with E-state index in [1.54, 1.807) is 24.3 Å². The molecule has 0 fully saturated rings. The summed E-state index contributed by atoms with van der Waals surface area (Å²) in [6, 6.07) is 15.0. The molecular formula is C18H19BrN2O2. The summed E-state index contributed by atoms with van der Waals surface area (Å²) in [6.45, 7) is 3.71. The van der Waals surface area contributed by atoms with Crippen molar-refractivity contribution in [1.29, 1.82) is 0 Å². The first-order chi connectivity index (χ1) is 11.0. The number of halogens is 1. The molecule has 120 valence electrons. The standard InChI is InChI=1S/C18H19BrN2O2/c1-12(14-6-8-16(19)9-7-14)20-11-18(23)21-17-5-3-4-15(10-17)13(2)22/h3-10,12,20H,11H2,1-2H3,(H,21,23)/t12-/m1/s1. The molecule has 2 aromatic rings. The van der Waals surface area contributed by atoms with Crippen LogP contribution in [-0.4, -0.2) is 18.2 Å². The monoisotopic (exact) mass is 374 g/mol. The van der Waals surface area contributed by atoms with Crippen LogP contribution in [0.1, 0.15) is 35.8 Å². The number of anilines is 1. The lowest BCUT2D eigenvalue weighted by molar-refractivity contribution is -0.115. The third-order valence-corrected chi connectivity index (χ3v) is 4.02. The first kappa shape index (κ1) is 17.4. The molecule has 0 spiro atoms. The Labute approximate surface area is 144 Å². The van der Waals surface area contributed by atoms with Gasteiger partial charge >= 0.3 is 0 Å². The third-order valence-electron chi connectivity index (χ3n) is 3.49. The van der Waals surface area contributed by atoms with Crippen molar-refractivity contribution in [3.63, 3.8) is 0 Å². The number of carbonyl (C=O) groups excluding carboxylic acids is 2. The number of carbonyl (C=O) groups is 2. The molecule has 0 aliphatic heterocycles. The molecule has 2 rings (SSSR count). The van der Waals surface area contributed by atoms with Crippen LogP contribution in [0.5, 0.6) is 0 Å². The van der Waals surface area contributed by atoms with E-state index in [4.69, 9.17) is 0 Å². The average molecular weight is 375 g/mol. The summed E-state index contributed by atoms with van der Waals surface area (Å²) in [7, 11) is 0. The number of benzene rings is 2. The van der Waals surface area contributed by atoms with Gasteiger partial charge in [-0.05, 0) is 43.7 Å². The minimum absolute atomic E-state index is 0.0249. The number of hydrogen-bond acceptors (Lipinski definition) is 3. The second-order valence-corrected chi connectivity index (χ2v) is 6.25. The maximum atomic E-state index is 12.0. The lowest BCUT2D eigenvalue weighted by Crippen LogP contribution is -2.30. The molecule has 4 nitrogen and oxygen atoms in total. The number of amides is 1. The second kappa shape index (κ2) is 8.04. The smallest absolute Gasteiger partial charge is 0.238 e. The predicted octanol–water partition coefficient (Wildman–Crippen LogP) is 3.94. The van der Waals surface area contributed by atoms with Crippen LogP contribution in [0, 0.1) is 0 Å². The Bertz CT molecular complexity index is 698. The van der Waals surface area contributed by atoms with Gasteiger partial charge in [-0.25, -0.2) is 0 Å². The van der Waals surface area contributed by atoms with Gasteiger partial charge in [0, 0.05) is 21.8 Å². The Morgan fingerprint density at radius 1 is 1.13 bits per heavy atom. The maximum absolute atomic E-state index is 12.0. The number of nitrogens with one attached hydrogen (secondary N) is 2. The molecule has 5 heteroatoms. The highest BCUT2D eigenvalue weighted by Gasteiger charge is 2.08. The van der Waals surface area contributed by atoms with E-state index in [0.717, 1.165) is 10.0 Å². The first-order valence-corrected chi connectivity index (χ1v) is 8.14. The summed E-state index contributed by atoms with van der Waals surface area (Å²) >= 11 is 3.40. The average Bonchev–Trinajstić information content (AvgIpc) is 2.53. The predicted molar refractivity (Wildman–Crippen MR) is 95.6 cm³/mol. The molecule has 0 aromatic heterocycles. The van der Waals surface area contributed by atoms with Crippen LogP contribution >= 0.6 is 15.9 Å². The molecule has 0 saturated carbocycles. The highest BCUT2D eigenvalue weighted by molar-refractivity contribution is 9.10. The zero-order valence-corrected chi connectivity index (χ0v) is 14.7. The number of ketones is 1. The number of Topliss-reactive ketones (excluding diaryl/α,β-unsaturated/α-hetero) is 1. The largest absolute Gasteiger partial charge is 0.325 e. The molecule has 0 aliphatic carbocycles. The van der Waals surface area contributed by atoms with Crippen molar-refractivity contribution < 1.29 is 9.59 Å². The lowest BCUT2D eigenvalue weighted by Gasteiger charge is -2.14. The van der Waals surface area contributed by atoms with Gasteiger partial charge in [0.25, 0.3) is 0 Å². The Morgan fingerprint density at radius 3 is 2.48 bits per heavy atom. The molecule has 0 heterocycles. The van der Waals surface area contributed by atoms with Gasteiger partial charge < -0.3 is 10.6 Å². The molecule has 0 aliphatic rings. The fourth-order valence-electron chi connectivity index (χ4n) is 2.14. The van der Waals surface area contributed by atoms with Crippen molar-refractivity contribution >= 4 is 33.3 Å². The summed E-state index contributed by atoms with van der Waals surface area (Å²) in [6.07, 6.45) is 0. The Kier molecular flexibility index (Phi) is 6.07. The quantitative estimate of drug-likeness (QED) is 0.752. The van der Waals surface area contributed by atoms with E-state index in [1.165, 1.54) is 6.92 Å². The maximum Gasteiger partial charge on any atom is 0.238 e. The fraction of sp³-hybridized carbons (Fsp3) is 0.222. The number of rotatable bonds is 6. The zero-order chi connectivity index (χ0) is 16.8. The topological polar surface area (TPSA) is 58.2 Å². The summed E-state index contributed by atoms with van der Waals surface area (Å²) < 4.78 is 1.02. The van der Waals surface area contributed by atoms with Crippen LogP contribution in [0.2, 0.25) is 0 Å². The molecule has 23 heavy (non-hydrogen) atoms. The second-order valence-electron chi connectivity index (χ2n) is 5.34. The van der Waals surface area contributed by atoms with Gasteiger partial charge in [-0.15, -0.1) is 0 Å². The van der Waals surface area contributed by atoms with Crippen LogP contribution < -0.4 is 10.6 Å². The van der Waals surface area contributed by atoms with Gasteiger partial charge in [-0.3, -0.25) is 9.59 Å². The van der Waals surface area contributed by atoms with Gasteiger partial charge in [-0.2, -0.15) is 0 Å². The van der Waals surface area contributed by atoms with Gasteiger partial charge in [0.2, 0.25) is 5.91 Å². The molecule has 0 bridgehead atoms. The van der Waals surface area contributed by atoms with E-state index in [1.807, 2.05) is 31.2 Å². The summed E-state index contributed by atoms with van der Waals surface area (Å²) in [4.78, 5) is 23.4. The van der Waals surface area contributed by atoms with Crippen LogP contribution in [-0.2, 0) is 4.79 Å². The zero-order valence-electron chi connectivity index (χ0n) is 13.1. The molecule has 0 unspecified atom stereocenters. The molecule has 2 N–H and O–H groups in total. The van der Waals surface area contributed by atoms with Crippen LogP contribution in [0.25, 0.3) is 0 Å². The fourth-order valence-corrected chi connectivity index (χ4v) is 2.40. The highest BCUT2D eigenvalue weighted by atomic mass is 79.9. The summed E-state index contributed by atoms with van der Waals surface area (Å²) in [5, 5.41) is 5.97. The van der Waals surface area contributed by atoms with Crippen molar-refractivity contribution in [2.75, 3.05) is 11.9 Å². The van der Waals surface area contributed by atoms with Gasteiger partial charge in [-0.1, -0.05) is 40.2 Å². The van der Waals surface area contributed by atoms with Crippen molar-refractivity contribution in [2.45, 2.75) is 19.9 Å². The minimum Gasteiger partial charge on any atom is -0.325 e. The van der Waals surface area contributed by atoms with E-state index < -0.39 is 0 Å². The summed E-state index contributed by atoms with van der Waals surface area (Å²) in [5.41, 5.74) is 2.32. The molecule has 0 radical (unpaired) electrons. The summed E-state index contributed by atoms with van der Waals surface area (Å²) in [5.74, 6) is -0.169. The Hall–Kier alpha value is -1.98. The molecule has 2 aromatic carbocycles. The molecule has 1 amide bonds. The van der Waals surface area contributed by atoms with E-state index in [-0.39, 0.29) is 24.3 Å². The van der Waals surface area contributed by atoms with Crippen molar-refractivity contribution in [2.24, 2.45) is 0 Å². The van der Waals surface area contributed by atoms with Crippen LogP contribution in [0.15, 0.2) is 53.0 Å². The lowest BCUT2D eigenvalue weighted by atomic mass is 10.1. The Balaban J connectivity index is 1.88. The van der Waals surface area contributed by atoms with E-state index in [2.05, 4.69) is 26.6 Å². The van der Waals surface area contributed by atoms with Crippen molar-refractivity contribution in [3.05, 3.63) is 64.1 Å². The van der Waals surface area contributed by atoms with Crippen LogP contribution in [0.3, 0.4) is 0 Å². The van der Waals surface area contributed by atoms with Crippen molar-refractivity contribution in [1.82, 2.24) is 5.32 Å². The van der Waals surface area contributed by atoms with Gasteiger partial charge in [0.05, 0.1) is 6.54 Å². The van der Waals surface area contributed by atoms with Crippen molar-refractivity contribution in [3.8, 4) is 0 Å². The minimum atomic E-state index is -0.144. The first-order valence-electron chi connectivity index (χ1n) is 7.35. The molecule has 1 atom stereocenters. The SMILES string of the molecule is CC(=O)c1cccc(NC(=O)CN[C@H](C)c2ccc(Br)cc2)c1. The molecular weight excluding hydrogens is 356 g/mol. The van der Waals surface area contributed by atoms with Gasteiger partial charge in [0.15, 0.2) is 5.78 Å². The third kappa shape index (κ3) is 5.30. The molecule has 0 saturated heterocycles. The number of hydrogen-bond donors (Lipinski definition) is 2. The van der Waals surface area contributed by atoms with E-state index >= 15 is 0 Å². The Morgan fingerprint density at radius 2 is 1.83 bits per heavy atom. The van der Waals surface area contributed by atoms with Crippen LogP contribution in [0.4, 0.5) is 5.69 Å². The van der Waals surface area contributed by atoms with E-state index in [9.17, 15) is 9.59 Å².